The van der Waals surface area contributed by atoms with Gasteiger partial charge in [0.2, 0.25) is 0 Å². The quantitative estimate of drug-likeness (QED) is 0.790. The second-order valence-corrected chi connectivity index (χ2v) is 6.69. The summed E-state index contributed by atoms with van der Waals surface area (Å²) >= 11 is 7.44. The Bertz CT molecular complexity index is 702. The van der Waals surface area contributed by atoms with Crippen molar-refractivity contribution in [3.8, 4) is 0 Å². The van der Waals surface area contributed by atoms with Crippen molar-refractivity contribution in [2.75, 3.05) is 6.54 Å². The number of likely N-dealkylation sites (tertiary alicyclic amines) is 1. The van der Waals surface area contributed by atoms with Crippen LogP contribution < -0.4 is 0 Å². The molecule has 4 nitrogen and oxygen atoms in total. The maximum atomic E-state index is 12.5. The molecule has 0 spiro atoms. The highest BCUT2D eigenvalue weighted by molar-refractivity contribution is 7.12. The highest BCUT2D eigenvalue weighted by Crippen LogP contribution is 2.24. The lowest BCUT2D eigenvalue weighted by atomic mass is 10.2. The van der Waals surface area contributed by atoms with Gasteiger partial charge in [0.05, 0.1) is 4.88 Å². The van der Waals surface area contributed by atoms with E-state index in [-0.39, 0.29) is 18.5 Å². The molecule has 0 radical (unpaired) electrons. The van der Waals surface area contributed by atoms with E-state index in [0.717, 1.165) is 12.0 Å². The van der Waals surface area contributed by atoms with Crippen LogP contribution >= 0.6 is 22.9 Å². The monoisotopic (exact) mass is 349 g/mol. The fourth-order valence-electron chi connectivity index (χ4n) is 2.66. The van der Waals surface area contributed by atoms with Gasteiger partial charge in [0.15, 0.2) is 0 Å². The van der Waals surface area contributed by atoms with E-state index in [4.69, 9.17) is 16.3 Å². The molecule has 1 aromatic heterocycles. The van der Waals surface area contributed by atoms with Gasteiger partial charge in [-0.2, -0.15) is 0 Å². The Hall–Kier alpha value is -1.85. The molecule has 1 unspecified atom stereocenters. The molecule has 1 saturated heterocycles. The molecule has 0 bridgehead atoms. The highest BCUT2D eigenvalue weighted by Gasteiger charge is 2.36. The van der Waals surface area contributed by atoms with Crippen LogP contribution in [-0.4, -0.2) is 29.4 Å². The fraction of sp³-hybridized carbons (Fsp3) is 0.294. The molecule has 1 amide bonds. The van der Waals surface area contributed by atoms with E-state index < -0.39 is 6.04 Å². The molecule has 0 N–H and O–H groups in total. The van der Waals surface area contributed by atoms with Crippen molar-refractivity contribution in [2.24, 2.45) is 0 Å². The molecule has 1 aliphatic rings. The van der Waals surface area contributed by atoms with E-state index in [1.165, 1.54) is 11.3 Å². The number of carbonyl (C=O) groups is 2. The summed E-state index contributed by atoms with van der Waals surface area (Å²) < 4.78 is 5.38. The fourth-order valence-corrected chi connectivity index (χ4v) is 3.53. The van der Waals surface area contributed by atoms with Gasteiger partial charge < -0.3 is 9.64 Å². The van der Waals surface area contributed by atoms with Crippen molar-refractivity contribution < 1.29 is 14.3 Å². The molecular weight excluding hydrogens is 334 g/mol. The van der Waals surface area contributed by atoms with Crippen molar-refractivity contribution in [1.29, 1.82) is 0 Å². The zero-order valence-electron chi connectivity index (χ0n) is 12.4. The molecule has 6 heteroatoms. The number of hydrogen-bond donors (Lipinski definition) is 0. The number of rotatable bonds is 4. The summed E-state index contributed by atoms with van der Waals surface area (Å²) in [5, 5.41) is 2.42. The molecule has 3 rings (SSSR count). The predicted octanol–water partition coefficient (Wildman–Crippen LogP) is 3.75. The Morgan fingerprint density at radius 2 is 2.09 bits per heavy atom. The maximum Gasteiger partial charge on any atom is 0.329 e. The lowest BCUT2D eigenvalue weighted by Gasteiger charge is -2.22. The summed E-state index contributed by atoms with van der Waals surface area (Å²) in [5.41, 5.74) is 0.761. The Balaban J connectivity index is 1.64. The van der Waals surface area contributed by atoms with Crippen molar-refractivity contribution in [2.45, 2.75) is 25.5 Å². The molecule has 1 aromatic carbocycles. The predicted molar refractivity (Wildman–Crippen MR) is 89.6 cm³/mol. The Morgan fingerprint density at radius 3 is 2.83 bits per heavy atom. The Kier molecular flexibility index (Phi) is 4.98. The summed E-state index contributed by atoms with van der Waals surface area (Å²) in [6.45, 7) is 0.707. The van der Waals surface area contributed by atoms with Gasteiger partial charge in [-0.05, 0) is 30.4 Å². The van der Waals surface area contributed by atoms with Crippen molar-refractivity contribution in [3.05, 3.63) is 57.2 Å². The van der Waals surface area contributed by atoms with E-state index in [1.807, 2.05) is 29.6 Å². The Labute approximate surface area is 143 Å². The maximum absolute atomic E-state index is 12.5. The van der Waals surface area contributed by atoms with Gasteiger partial charge in [-0.3, -0.25) is 4.79 Å². The molecule has 2 heterocycles. The zero-order chi connectivity index (χ0) is 16.2. The van der Waals surface area contributed by atoms with Crippen LogP contribution in [0.1, 0.15) is 28.1 Å². The number of amides is 1. The van der Waals surface area contributed by atoms with Crippen LogP contribution in [0.5, 0.6) is 0 Å². The number of carbonyl (C=O) groups excluding carboxylic acids is 2. The number of halogens is 1. The standard InChI is InChI=1S/C17H16ClNO3S/c18-13-6-2-1-5-12(13)11-22-17(21)14-7-3-9-19(14)16(20)15-8-4-10-23-15/h1-2,4-6,8,10,14H,3,7,9,11H2. The minimum Gasteiger partial charge on any atom is -0.459 e. The first-order valence-electron chi connectivity index (χ1n) is 7.41. The summed E-state index contributed by atoms with van der Waals surface area (Å²) in [6, 6.07) is 10.3. The molecule has 1 atom stereocenters. The first-order valence-corrected chi connectivity index (χ1v) is 8.67. The van der Waals surface area contributed by atoms with Crippen LogP contribution in [0.4, 0.5) is 0 Å². The summed E-state index contributed by atoms with van der Waals surface area (Å²) in [4.78, 5) is 27.1. The van der Waals surface area contributed by atoms with E-state index in [2.05, 4.69) is 0 Å². The SMILES string of the molecule is O=C(OCc1ccccc1Cl)C1CCCN1C(=O)c1cccs1. The topological polar surface area (TPSA) is 46.6 Å². The minimum atomic E-state index is -0.507. The molecular formula is C17H16ClNO3S. The molecule has 1 fully saturated rings. The van der Waals surface area contributed by atoms with E-state index in [0.29, 0.717) is 22.9 Å². The number of hydrogen-bond acceptors (Lipinski definition) is 4. The van der Waals surface area contributed by atoms with E-state index >= 15 is 0 Å². The van der Waals surface area contributed by atoms with E-state index in [9.17, 15) is 9.59 Å². The third kappa shape index (κ3) is 3.57. The van der Waals surface area contributed by atoms with Crippen LogP contribution in [0.3, 0.4) is 0 Å². The highest BCUT2D eigenvalue weighted by atomic mass is 35.5. The molecule has 23 heavy (non-hydrogen) atoms. The van der Waals surface area contributed by atoms with Gasteiger partial charge in [-0.25, -0.2) is 4.79 Å². The summed E-state index contributed by atoms with van der Waals surface area (Å²) in [5.74, 6) is -0.468. The van der Waals surface area contributed by atoms with Crippen LogP contribution in [0, 0.1) is 0 Å². The summed E-state index contributed by atoms with van der Waals surface area (Å²) in [6.07, 6.45) is 1.45. The molecule has 0 aliphatic carbocycles. The number of thiophene rings is 1. The lowest BCUT2D eigenvalue weighted by molar-refractivity contribution is -0.149. The van der Waals surface area contributed by atoms with Crippen LogP contribution in [-0.2, 0) is 16.1 Å². The minimum absolute atomic E-state index is 0.0998. The van der Waals surface area contributed by atoms with Crippen LogP contribution in [0.25, 0.3) is 0 Å². The second kappa shape index (κ2) is 7.15. The van der Waals surface area contributed by atoms with Crippen LogP contribution in [0.2, 0.25) is 5.02 Å². The van der Waals surface area contributed by atoms with Crippen molar-refractivity contribution in [1.82, 2.24) is 4.90 Å². The first-order chi connectivity index (χ1) is 11.2. The molecule has 2 aromatic rings. The first kappa shape index (κ1) is 16.0. The molecule has 1 aliphatic heterocycles. The van der Waals surface area contributed by atoms with E-state index in [1.54, 1.807) is 17.0 Å². The van der Waals surface area contributed by atoms with Crippen molar-refractivity contribution in [3.63, 3.8) is 0 Å². The van der Waals surface area contributed by atoms with Crippen molar-refractivity contribution >= 4 is 34.8 Å². The van der Waals surface area contributed by atoms with Gasteiger partial charge in [-0.15, -0.1) is 11.3 Å². The average Bonchev–Trinajstić information content (AvgIpc) is 3.24. The third-order valence-corrected chi connectivity index (χ3v) is 5.07. The lowest BCUT2D eigenvalue weighted by Crippen LogP contribution is -2.41. The average molecular weight is 350 g/mol. The normalized spacial score (nSPS) is 17.3. The smallest absolute Gasteiger partial charge is 0.329 e. The van der Waals surface area contributed by atoms with Gasteiger partial charge in [0.1, 0.15) is 12.6 Å². The van der Waals surface area contributed by atoms with Crippen LogP contribution in [0.15, 0.2) is 41.8 Å². The zero-order valence-corrected chi connectivity index (χ0v) is 14.0. The van der Waals surface area contributed by atoms with Gasteiger partial charge >= 0.3 is 5.97 Å². The summed E-state index contributed by atoms with van der Waals surface area (Å²) in [7, 11) is 0. The van der Waals surface area contributed by atoms with Gasteiger partial charge in [0.25, 0.3) is 5.91 Å². The largest absolute Gasteiger partial charge is 0.459 e. The third-order valence-electron chi connectivity index (χ3n) is 3.85. The van der Waals surface area contributed by atoms with Gasteiger partial charge in [0, 0.05) is 17.1 Å². The number of nitrogens with zero attached hydrogens (tertiary/aromatic N) is 1. The number of esters is 1. The van der Waals surface area contributed by atoms with Gasteiger partial charge in [-0.1, -0.05) is 35.9 Å². The molecule has 120 valence electrons. The Morgan fingerprint density at radius 1 is 1.26 bits per heavy atom. The molecule has 0 saturated carbocycles. The second-order valence-electron chi connectivity index (χ2n) is 5.33. The number of benzene rings is 1. The number of ether oxygens (including phenoxy) is 1.